The van der Waals surface area contributed by atoms with E-state index in [1.807, 2.05) is 52.0 Å². The first kappa shape index (κ1) is 14.9. The summed E-state index contributed by atoms with van der Waals surface area (Å²) < 4.78 is 6.06. The Labute approximate surface area is 116 Å². The Kier molecular flexibility index (Phi) is 5.54. The number of esters is 1. The molecule has 4 heteroatoms. The highest BCUT2D eigenvalue weighted by atomic mass is 79.9. The monoisotopic (exact) mass is 311 g/mol. The molecule has 0 N–H and O–H groups in total. The van der Waals surface area contributed by atoms with Crippen molar-refractivity contribution in [1.82, 2.24) is 0 Å². The zero-order chi connectivity index (χ0) is 13.7. The van der Waals surface area contributed by atoms with Gasteiger partial charge in [0.15, 0.2) is 0 Å². The Morgan fingerprint density at radius 1 is 1.22 bits per heavy atom. The molecule has 3 nitrogen and oxygen atoms in total. The number of aliphatic imine (C=N–C) groups is 1. The summed E-state index contributed by atoms with van der Waals surface area (Å²) in [6.07, 6.45) is -0.138. The van der Waals surface area contributed by atoms with Crippen molar-refractivity contribution in [2.75, 3.05) is 0 Å². The molecule has 0 amide bonds. The molecule has 1 rings (SSSR count). The van der Waals surface area contributed by atoms with Gasteiger partial charge in [0.1, 0.15) is 5.71 Å². The third kappa shape index (κ3) is 4.26. The van der Waals surface area contributed by atoms with E-state index in [0.717, 1.165) is 10.2 Å². The summed E-state index contributed by atoms with van der Waals surface area (Å²) in [4.78, 5) is 16.3. The fourth-order valence-corrected chi connectivity index (χ4v) is 1.73. The number of carbonyl (C=O) groups excluding carboxylic acids is 1. The molecule has 98 valence electrons. The highest BCUT2D eigenvalue weighted by Gasteiger charge is 2.18. The van der Waals surface area contributed by atoms with Gasteiger partial charge in [0.25, 0.3) is 0 Å². The third-order valence-corrected chi connectivity index (χ3v) is 2.86. The van der Waals surface area contributed by atoms with E-state index < -0.39 is 0 Å². The molecule has 0 saturated heterocycles. The minimum absolute atomic E-state index is 0.0170. The van der Waals surface area contributed by atoms with Gasteiger partial charge in [-0.3, -0.25) is 0 Å². The van der Waals surface area contributed by atoms with Gasteiger partial charge in [0, 0.05) is 10.4 Å². The summed E-state index contributed by atoms with van der Waals surface area (Å²) in [5, 5.41) is 0. The van der Waals surface area contributed by atoms with Crippen LogP contribution in [-0.4, -0.2) is 17.8 Å². The van der Waals surface area contributed by atoms with Crippen LogP contribution < -0.4 is 0 Å². The SMILES string of the molecule is CC(C)OC(=O)/C(=N\c1ccccc1Br)C(C)C. The van der Waals surface area contributed by atoms with Crippen molar-refractivity contribution < 1.29 is 9.53 Å². The molecule has 18 heavy (non-hydrogen) atoms. The zero-order valence-corrected chi connectivity index (χ0v) is 12.7. The molecule has 0 aromatic heterocycles. The first-order valence-corrected chi connectivity index (χ1v) is 6.75. The minimum atomic E-state index is -0.351. The Morgan fingerprint density at radius 3 is 2.33 bits per heavy atom. The van der Waals surface area contributed by atoms with E-state index in [-0.39, 0.29) is 18.0 Å². The van der Waals surface area contributed by atoms with Gasteiger partial charge in [0.05, 0.1) is 11.8 Å². The summed E-state index contributed by atoms with van der Waals surface area (Å²) in [5.74, 6) is -0.334. The number of ether oxygens (including phenoxy) is 1. The standard InChI is InChI=1S/C14H18BrNO2/c1-9(2)13(14(17)18-10(3)4)16-12-8-6-5-7-11(12)15/h5-10H,1-4H3/b16-13-. The number of benzene rings is 1. The maximum Gasteiger partial charge on any atom is 0.353 e. The van der Waals surface area contributed by atoms with Crippen molar-refractivity contribution in [3.63, 3.8) is 0 Å². The second-order valence-corrected chi connectivity index (χ2v) is 5.41. The molecule has 0 fully saturated rings. The average Bonchev–Trinajstić information content (AvgIpc) is 2.26. The fourth-order valence-electron chi connectivity index (χ4n) is 1.36. The number of halogens is 1. The quantitative estimate of drug-likeness (QED) is 0.619. The molecule has 1 aromatic carbocycles. The second-order valence-electron chi connectivity index (χ2n) is 4.56. The van der Waals surface area contributed by atoms with E-state index in [1.165, 1.54) is 0 Å². The third-order valence-electron chi connectivity index (χ3n) is 2.19. The van der Waals surface area contributed by atoms with Crippen molar-refractivity contribution >= 4 is 33.3 Å². The van der Waals surface area contributed by atoms with Gasteiger partial charge in [-0.25, -0.2) is 9.79 Å². The van der Waals surface area contributed by atoms with Gasteiger partial charge in [-0.1, -0.05) is 26.0 Å². The molecule has 0 aliphatic rings. The maximum absolute atomic E-state index is 11.9. The van der Waals surface area contributed by atoms with Crippen LogP contribution in [0.15, 0.2) is 33.7 Å². The van der Waals surface area contributed by atoms with E-state index in [2.05, 4.69) is 20.9 Å². The summed E-state index contributed by atoms with van der Waals surface area (Å²) in [6, 6.07) is 7.54. The van der Waals surface area contributed by atoms with Crippen molar-refractivity contribution in [2.24, 2.45) is 10.9 Å². The normalized spacial score (nSPS) is 12.1. The average molecular weight is 312 g/mol. The lowest BCUT2D eigenvalue weighted by Crippen LogP contribution is -2.25. The molecule has 0 bridgehead atoms. The lowest BCUT2D eigenvalue weighted by atomic mass is 10.1. The van der Waals surface area contributed by atoms with Crippen LogP contribution in [0.1, 0.15) is 27.7 Å². The number of nitrogens with zero attached hydrogens (tertiary/aromatic N) is 1. The summed E-state index contributed by atoms with van der Waals surface area (Å²) in [6.45, 7) is 7.51. The Morgan fingerprint density at radius 2 is 1.83 bits per heavy atom. The van der Waals surface area contributed by atoms with Crippen molar-refractivity contribution in [1.29, 1.82) is 0 Å². The topological polar surface area (TPSA) is 38.7 Å². The second kappa shape index (κ2) is 6.69. The highest BCUT2D eigenvalue weighted by molar-refractivity contribution is 9.10. The van der Waals surface area contributed by atoms with E-state index in [9.17, 15) is 4.79 Å². The zero-order valence-electron chi connectivity index (χ0n) is 11.1. The highest BCUT2D eigenvalue weighted by Crippen LogP contribution is 2.25. The number of para-hydroxylation sites is 1. The van der Waals surface area contributed by atoms with E-state index in [4.69, 9.17) is 4.74 Å². The molecule has 0 heterocycles. The van der Waals surface area contributed by atoms with Crippen molar-refractivity contribution in [3.8, 4) is 0 Å². The van der Waals surface area contributed by atoms with Gasteiger partial charge < -0.3 is 4.74 Å². The van der Waals surface area contributed by atoms with Crippen LogP contribution in [0.25, 0.3) is 0 Å². The lowest BCUT2D eigenvalue weighted by molar-refractivity contribution is -0.139. The predicted octanol–water partition coefficient (Wildman–Crippen LogP) is 4.13. The molecule has 1 aromatic rings. The van der Waals surface area contributed by atoms with Gasteiger partial charge >= 0.3 is 5.97 Å². The number of carbonyl (C=O) groups is 1. The number of rotatable bonds is 4. The van der Waals surface area contributed by atoms with Crippen LogP contribution >= 0.6 is 15.9 Å². The largest absolute Gasteiger partial charge is 0.458 e. The molecular weight excluding hydrogens is 294 g/mol. The lowest BCUT2D eigenvalue weighted by Gasteiger charge is -2.12. The van der Waals surface area contributed by atoms with Crippen molar-refractivity contribution in [2.45, 2.75) is 33.8 Å². The molecule has 0 aliphatic heterocycles. The van der Waals surface area contributed by atoms with E-state index >= 15 is 0 Å². The molecule has 0 saturated carbocycles. The smallest absolute Gasteiger partial charge is 0.353 e. The summed E-state index contributed by atoms with van der Waals surface area (Å²) in [5.41, 5.74) is 1.18. The number of hydrogen-bond acceptors (Lipinski definition) is 3. The van der Waals surface area contributed by atoms with Gasteiger partial charge in [-0.05, 0) is 41.9 Å². The summed E-state index contributed by atoms with van der Waals surface area (Å²) >= 11 is 3.41. The molecule has 0 atom stereocenters. The first-order valence-electron chi connectivity index (χ1n) is 5.96. The molecular formula is C14H18BrNO2. The maximum atomic E-state index is 11.9. The molecule has 0 aliphatic carbocycles. The Bertz CT molecular complexity index is 453. The van der Waals surface area contributed by atoms with Crippen LogP contribution in [0.5, 0.6) is 0 Å². The van der Waals surface area contributed by atoms with Crippen LogP contribution in [-0.2, 0) is 9.53 Å². The number of hydrogen-bond donors (Lipinski definition) is 0. The van der Waals surface area contributed by atoms with Crippen LogP contribution in [0.2, 0.25) is 0 Å². The Hall–Kier alpha value is -1.16. The van der Waals surface area contributed by atoms with Gasteiger partial charge in [-0.2, -0.15) is 0 Å². The van der Waals surface area contributed by atoms with Crippen LogP contribution in [0, 0.1) is 5.92 Å². The van der Waals surface area contributed by atoms with E-state index in [0.29, 0.717) is 5.71 Å². The van der Waals surface area contributed by atoms with Gasteiger partial charge in [-0.15, -0.1) is 0 Å². The molecule has 0 radical (unpaired) electrons. The molecule has 0 spiro atoms. The first-order chi connectivity index (χ1) is 8.41. The Balaban J connectivity index is 3.06. The minimum Gasteiger partial charge on any atom is -0.458 e. The van der Waals surface area contributed by atoms with Crippen LogP contribution in [0.4, 0.5) is 5.69 Å². The van der Waals surface area contributed by atoms with Gasteiger partial charge in [0.2, 0.25) is 0 Å². The fraction of sp³-hybridized carbons (Fsp3) is 0.429. The van der Waals surface area contributed by atoms with Crippen molar-refractivity contribution in [3.05, 3.63) is 28.7 Å². The molecule has 0 unspecified atom stereocenters. The summed E-state index contributed by atoms with van der Waals surface area (Å²) in [7, 11) is 0. The predicted molar refractivity (Wildman–Crippen MR) is 77.3 cm³/mol. The van der Waals surface area contributed by atoms with E-state index in [1.54, 1.807) is 0 Å². The van der Waals surface area contributed by atoms with Crippen LogP contribution in [0.3, 0.4) is 0 Å².